The molecule has 0 radical (unpaired) electrons. The Morgan fingerprint density at radius 3 is 2.17 bits per heavy atom. The molecule has 0 saturated carbocycles. The molecule has 0 amide bonds. The van der Waals surface area contributed by atoms with E-state index in [1.807, 2.05) is 0 Å². The predicted molar refractivity (Wildman–Crippen MR) is 123 cm³/mol. The molecule has 35 heavy (non-hydrogen) atoms. The van der Waals surface area contributed by atoms with Gasteiger partial charge in [0.05, 0.1) is 20.3 Å². The summed E-state index contributed by atoms with van der Waals surface area (Å²) < 4.78 is 36.8. The highest BCUT2D eigenvalue weighted by Crippen LogP contribution is 2.33. The van der Waals surface area contributed by atoms with Crippen LogP contribution in [-0.2, 0) is 29.7 Å². The highest BCUT2D eigenvalue weighted by molar-refractivity contribution is 7.91. The van der Waals surface area contributed by atoms with Gasteiger partial charge in [0.2, 0.25) is 16.1 Å². The third kappa shape index (κ3) is 4.75. The third-order valence-electron chi connectivity index (χ3n) is 5.53. The lowest BCUT2D eigenvalue weighted by molar-refractivity contribution is -0.384. The minimum atomic E-state index is -3.74. The van der Waals surface area contributed by atoms with Gasteiger partial charge >= 0.3 is 5.97 Å². The second-order valence-electron chi connectivity index (χ2n) is 7.79. The predicted octanol–water partition coefficient (Wildman–Crippen LogP) is 3.98. The lowest BCUT2D eigenvalue weighted by Gasteiger charge is -2.34. The minimum absolute atomic E-state index is 0.0519. The van der Waals surface area contributed by atoms with Gasteiger partial charge < -0.3 is 9.47 Å². The Balaban J connectivity index is 1.53. The van der Waals surface area contributed by atoms with Gasteiger partial charge in [-0.15, -0.1) is 0 Å². The van der Waals surface area contributed by atoms with Crippen molar-refractivity contribution in [3.05, 3.63) is 112 Å². The van der Waals surface area contributed by atoms with Crippen LogP contribution in [0.2, 0.25) is 0 Å². The van der Waals surface area contributed by atoms with Crippen LogP contribution in [0.4, 0.5) is 5.69 Å². The second-order valence-corrected chi connectivity index (χ2v) is 9.74. The zero-order valence-corrected chi connectivity index (χ0v) is 19.2. The Kier molecular flexibility index (Phi) is 6.33. The van der Waals surface area contributed by atoms with E-state index >= 15 is 0 Å². The molecule has 0 aromatic heterocycles. The number of benzene rings is 3. The van der Waals surface area contributed by atoms with Gasteiger partial charge in [0.1, 0.15) is 0 Å². The van der Waals surface area contributed by atoms with E-state index in [-0.39, 0.29) is 21.0 Å². The number of carbonyl (C=O) groups is 2. The molecule has 3 aromatic carbocycles. The Morgan fingerprint density at radius 2 is 1.57 bits per heavy atom. The molecule has 3 aromatic rings. The fourth-order valence-corrected chi connectivity index (χ4v) is 4.79. The number of rotatable bonds is 6. The Bertz CT molecular complexity index is 1410. The molecule has 9 nitrogen and oxygen atoms in total. The van der Waals surface area contributed by atoms with Crippen LogP contribution in [-0.4, -0.2) is 31.4 Å². The molecule has 0 unspecified atom stereocenters. The summed E-state index contributed by atoms with van der Waals surface area (Å²) in [6, 6.07) is 18.5. The number of nitrogens with zero attached hydrogens (tertiary/aromatic N) is 1. The van der Waals surface area contributed by atoms with Gasteiger partial charge in [-0.25, -0.2) is 13.2 Å². The van der Waals surface area contributed by atoms with Crippen molar-refractivity contribution in [2.24, 2.45) is 0 Å². The maximum absolute atomic E-state index is 12.8. The summed E-state index contributed by atoms with van der Waals surface area (Å²) in [7, 11) is -3.74. The largest absolute Gasteiger partial charge is 0.428 e. The van der Waals surface area contributed by atoms with Crippen molar-refractivity contribution < 1.29 is 32.4 Å². The van der Waals surface area contributed by atoms with Gasteiger partial charge in [-0.2, -0.15) is 0 Å². The van der Waals surface area contributed by atoms with E-state index in [0.29, 0.717) is 5.56 Å². The number of ether oxygens (including phenoxy) is 2. The monoisotopic (exact) mass is 493 g/mol. The molecule has 10 heteroatoms. The molecule has 0 saturated heterocycles. The maximum atomic E-state index is 12.8. The zero-order valence-electron chi connectivity index (χ0n) is 18.4. The van der Waals surface area contributed by atoms with E-state index in [1.54, 1.807) is 18.2 Å². The first kappa shape index (κ1) is 24.0. The molecular weight excluding hydrogens is 474 g/mol. The van der Waals surface area contributed by atoms with Crippen LogP contribution in [0.15, 0.2) is 101 Å². The fourth-order valence-electron chi connectivity index (χ4n) is 3.51. The van der Waals surface area contributed by atoms with Crippen LogP contribution in [0, 0.1) is 10.1 Å². The molecule has 1 heterocycles. The zero-order chi connectivity index (χ0) is 25.2. The Hall–Kier alpha value is -4.15. The van der Waals surface area contributed by atoms with Gasteiger partial charge in [-0.3, -0.25) is 14.9 Å². The van der Waals surface area contributed by atoms with E-state index in [0.717, 1.165) is 0 Å². The van der Waals surface area contributed by atoms with E-state index in [2.05, 4.69) is 0 Å². The molecule has 0 spiro atoms. The lowest BCUT2D eigenvalue weighted by Crippen LogP contribution is -2.42. The molecular formula is C25H19NO8S. The second kappa shape index (κ2) is 9.24. The topological polar surface area (TPSA) is 130 Å². The number of non-ortho nitro benzene ring substituents is 1. The first-order valence-electron chi connectivity index (χ1n) is 10.4. The van der Waals surface area contributed by atoms with Crippen molar-refractivity contribution in [2.45, 2.75) is 28.6 Å². The third-order valence-corrected chi connectivity index (χ3v) is 7.32. The van der Waals surface area contributed by atoms with Gasteiger partial charge in [0, 0.05) is 12.1 Å². The normalized spacial score (nSPS) is 19.8. The number of sulfone groups is 1. The van der Waals surface area contributed by atoms with Gasteiger partial charge in [-0.05, 0) is 61.0 Å². The minimum Gasteiger partial charge on any atom is -0.428 e. The summed E-state index contributed by atoms with van der Waals surface area (Å²) in [6.07, 6.45) is 1.29. The number of ketones is 1. The average Bonchev–Trinajstić information content (AvgIpc) is 2.87. The summed E-state index contributed by atoms with van der Waals surface area (Å²) in [4.78, 5) is 35.5. The van der Waals surface area contributed by atoms with E-state index in [1.165, 1.54) is 79.7 Å². The number of esters is 1. The van der Waals surface area contributed by atoms with E-state index < -0.39 is 38.4 Å². The number of nitro groups is 1. The lowest BCUT2D eigenvalue weighted by atomic mass is 9.89. The van der Waals surface area contributed by atoms with Crippen molar-refractivity contribution in [1.29, 1.82) is 0 Å². The van der Waals surface area contributed by atoms with Crippen LogP contribution in [0.5, 0.6) is 0 Å². The van der Waals surface area contributed by atoms with Gasteiger partial charge in [-0.1, -0.05) is 30.3 Å². The van der Waals surface area contributed by atoms with Crippen molar-refractivity contribution in [1.82, 2.24) is 0 Å². The highest BCUT2D eigenvalue weighted by Gasteiger charge is 2.41. The summed E-state index contributed by atoms with van der Waals surface area (Å²) in [5.74, 6) is -1.21. The van der Waals surface area contributed by atoms with Gasteiger partial charge in [0.25, 0.3) is 5.69 Å². The number of nitro benzene ring substituents is 1. The van der Waals surface area contributed by atoms with Crippen LogP contribution >= 0.6 is 0 Å². The molecule has 1 aliphatic heterocycles. The van der Waals surface area contributed by atoms with Crippen LogP contribution in [0.1, 0.15) is 22.8 Å². The smallest absolute Gasteiger partial charge is 0.340 e. The molecule has 178 valence electrons. The van der Waals surface area contributed by atoms with E-state index in [4.69, 9.17) is 9.47 Å². The Labute approximate surface area is 200 Å². The molecule has 0 aliphatic carbocycles. The summed E-state index contributed by atoms with van der Waals surface area (Å²) >= 11 is 0. The molecule has 0 bridgehead atoms. The molecule has 2 atom stereocenters. The molecule has 0 N–H and O–H groups in total. The summed E-state index contributed by atoms with van der Waals surface area (Å²) in [6.45, 7) is 1.49. The Morgan fingerprint density at radius 1 is 0.971 bits per heavy atom. The molecule has 0 fully saturated rings. The quantitative estimate of drug-likeness (QED) is 0.286. The average molecular weight is 493 g/mol. The van der Waals surface area contributed by atoms with Crippen molar-refractivity contribution >= 4 is 27.3 Å². The maximum Gasteiger partial charge on any atom is 0.340 e. The fraction of sp³-hybridized carbons (Fsp3) is 0.120. The van der Waals surface area contributed by atoms with Crippen molar-refractivity contribution in [2.75, 3.05) is 0 Å². The SMILES string of the molecule is C[C@@]1(c2ccc(S(=O)(=O)c3ccccc3)cc2)O[C@@H](OC(=O)c2ccc([N+](=O)[O-])cc2)C=CC1=O. The molecule has 4 rings (SSSR count). The first-order chi connectivity index (χ1) is 16.6. The first-order valence-corrected chi connectivity index (χ1v) is 11.9. The van der Waals surface area contributed by atoms with Gasteiger partial charge in [0.15, 0.2) is 11.4 Å². The van der Waals surface area contributed by atoms with Crippen molar-refractivity contribution in [3.63, 3.8) is 0 Å². The standard InChI is InChI=1S/C25H19NO8S/c1-25(18-9-13-21(14-10-18)35(31,32)20-5-3-2-4-6-20)22(27)15-16-23(34-25)33-24(28)17-7-11-19(12-8-17)26(29)30/h2-16,23H,1H3/t23-,25+/m1/s1. The van der Waals surface area contributed by atoms with Crippen molar-refractivity contribution in [3.8, 4) is 0 Å². The van der Waals surface area contributed by atoms with E-state index in [9.17, 15) is 28.1 Å². The van der Waals surface area contributed by atoms with Crippen LogP contribution in [0.3, 0.4) is 0 Å². The number of hydrogen-bond acceptors (Lipinski definition) is 8. The number of hydrogen-bond donors (Lipinski definition) is 0. The highest BCUT2D eigenvalue weighted by atomic mass is 32.2. The summed E-state index contributed by atoms with van der Waals surface area (Å²) in [5.41, 5.74) is -1.27. The number of carbonyl (C=O) groups excluding carboxylic acids is 2. The molecule has 1 aliphatic rings. The summed E-state index contributed by atoms with van der Waals surface area (Å²) in [5, 5.41) is 10.8. The van der Waals surface area contributed by atoms with Crippen LogP contribution < -0.4 is 0 Å². The van der Waals surface area contributed by atoms with Crippen LogP contribution in [0.25, 0.3) is 0 Å².